The van der Waals surface area contributed by atoms with Crippen molar-refractivity contribution in [1.29, 1.82) is 0 Å². The fourth-order valence-electron chi connectivity index (χ4n) is 3.95. The van der Waals surface area contributed by atoms with Crippen LogP contribution in [0.25, 0.3) is 0 Å². The number of hydrogen-bond donors (Lipinski definition) is 4. The fourth-order valence-corrected chi connectivity index (χ4v) is 4.40. The maximum absolute atomic E-state index is 6.33. The molecular weight excluding hydrogens is 383 g/mol. The summed E-state index contributed by atoms with van der Waals surface area (Å²) >= 11 is 12.2. The van der Waals surface area contributed by atoms with Crippen LogP contribution in [-0.4, -0.2) is 27.1 Å². The van der Waals surface area contributed by atoms with Crippen molar-refractivity contribution >= 4 is 46.2 Å². The van der Waals surface area contributed by atoms with Crippen LogP contribution in [0.15, 0.2) is 24.5 Å². The lowest BCUT2D eigenvalue weighted by Crippen LogP contribution is -2.60. The molecule has 0 spiro atoms. The van der Waals surface area contributed by atoms with Gasteiger partial charge in [-0.05, 0) is 58.7 Å². The van der Waals surface area contributed by atoms with E-state index in [-0.39, 0.29) is 17.1 Å². The van der Waals surface area contributed by atoms with E-state index in [1.807, 2.05) is 0 Å². The summed E-state index contributed by atoms with van der Waals surface area (Å²) in [4.78, 5) is 8.60. The Morgan fingerprint density at radius 3 is 2.33 bits per heavy atom. The highest BCUT2D eigenvalue weighted by Crippen LogP contribution is 2.34. The van der Waals surface area contributed by atoms with Crippen LogP contribution < -0.4 is 21.7 Å². The number of benzene rings is 1. The van der Waals surface area contributed by atoms with Crippen LogP contribution in [-0.2, 0) is 0 Å². The summed E-state index contributed by atoms with van der Waals surface area (Å²) in [7, 11) is 0. The average molecular weight is 409 g/mol. The van der Waals surface area contributed by atoms with E-state index in [0.717, 1.165) is 12.8 Å². The molecule has 1 aliphatic heterocycles. The van der Waals surface area contributed by atoms with Crippen molar-refractivity contribution in [1.82, 2.24) is 15.3 Å². The molecule has 3 rings (SSSR count). The number of nitrogens with two attached hydrogens (primary N) is 1. The topological polar surface area (TPSA) is 87.9 Å². The van der Waals surface area contributed by atoms with Crippen LogP contribution in [0.3, 0.4) is 0 Å². The molecule has 2 aromatic rings. The molecule has 8 heteroatoms. The molecule has 0 saturated carbocycles. The monoisotopic (exact) mass is 408 g/mol. The number of hydrogen-bond acceptors (Lipinski definition) is 6. The van der Waals surface area contributed by atoms with Gasteiger partial charge in [-0.15, -0.1) is 0 Å². The molecule has 27 heavy (non-hydrogen) atoms. The summed E-state index contributed by atoms with van der Waals surface area (Å²) in [6, 6.07) is 5.46. The molecule has 0 atom stereocenters. The zero-order valence-corrected chi connectivity index (χ0v) is 17.5. The third-order valence-electron chi connectivity index (χ3n) is 4.60. The number of nitrogen functional groups attached to an aromatic ring is 1. The van der Waals surface area contributed by atoms with Gasteiger partial charge in [-0.3, -0.25) is 0 Å². The van der Waals surface area contributed by atoms with Crippen molar-refractivity contribution in [3.63, 3.8) is 0 Å². The van der Waals surface area contributed by atoms with Gasteiger partial charge in [0, 0.05) is 22.1 Å². The molecule has 0 bridgehead atoms. The quantitative estimate of drug-likeness (QED) is 0.579. The second-order valence-corrected chi connectivity index (χ2v) is 9.22. The van der Waals surface area contributed by atoms with Gasteiger partial charge >= 0.3 is 0 Å². The largest absolute Gasteiger partial charge is 0.393 e. The Hall–Kier alpha value is -1.76. The van der Waals surface area contributed by atoms with Crippen LogP contribution in [0.2, 0.25) is 10.0 Å². The third-order valence-corrected chi connectivity index (χ3v) is 5.15. The van der Waals surface area contributed by atoms with E-state index in [1.165, 1.54) is 6.33 Å². The third kappa shape index (κ3) is 4.94. The van der Waals surface area contributed by atoms with Gasteiger partial charge in [0.05, 0.1) is 10.7 Å². The van der Waals surface area contributed by atoms with Crippen molar-refractivity contribution in [3.05, 3.63) is 34.6 Å². The SMILES string of the molecule is CC1(C)CC(Nc2ncnc(Nc3ccc(Cl)cc3Cl)c2N)CC(C)(C)N1. The second-order valence-electron chi connectivity index (χ2n) is 8.38. The number of nitrogens with zero attached hydrogens (tertiary/aromatic N) is 2. The Morgan fingerprint density at radius 2 is 1.70 bits per heavy atom. The van der Waals surface area contributed by atoms with Gasteiger partial charge in [-0.2, -0.15) is 0 Å². The Morgan fingerprint density at radius 1 is 1.07 bits per heavy atom. The number of rotatable bonds is 4. The first-order chi connectivity index (χ1) is 12.5. The predicted molar refractivity (Wildman–Crippen MR) is 114 cm³/mol. The van der Waals surface area contributed by atoms with E-state index in [1.54, 1.807) is 18.2 Å². The van der Waals surface area contributed by atoms with Gasteiger partial charge in [0.15, 0.2) is 11.6 Å². The van der Waals surface area contributed by atoms with E-state index >= 15 is 0 Å². The number of aromatic nitrogens is 2. The van der Waals surface area contributed by atoms with E-state index in [4.69, 9.17) is 28.9 Å². The lowest BCUT2D eigenvalue weighted by atomic mass is 9.79. The van der Waals surface area contributed by atoms with Crippen LogP contribution in [0, 0.1) is 0 Å². The normalized spacial score (nSPS) is 18.9. The summed E-state index contributed by atoms with van der Waals surface area (Å²) in [6.07, 6.45) is 3.42. The first kappa shape index (κ1) is 20.0. The number of nitrogens with one attached hydrogen (secondary N) is 3. The molecule has 1 aromatic heterocycles. The van der Waals surface area contributed by atoms with Gasteiger partial charge in [0.25, 0.3) is 0 Å². The minimum atomic E-state index is 0.0269. The van der Waals surface area contributed by atoms with Crippen LogP contribution >= 0.6 is 23.2 Å². The van der Waals surface area contributed by atoms with Crippen molar-refractivity contribution in [2.75, 3.05) is 16.4 Å². The number of halogens is 2. The summed E-state index contributed by atoms with van der Waals surface area (Å²) in [5.41, 5.74) is 7.52. The molecule has 0 aliphatic carbocycles. The van der Waals surface area contributed by atoms with Crippen LogP contribution in [0.4, 0.5) is 23.0 Å². The standard InChI is InChI=1S/C19H26Cl2N6/c1-18(2)8-12(9-19(3,4)27-18)25-16-15(22)17(24-10-23-16)26-14-6-5-11(20)7-13(14)21/h5-7,10,12,27H,8-9,22H2,1-4H3,(H2,23,24,25,26). The highest BCUT2D eigenvalue weighted by atomic mass is 35.5. The Kier molecular flexibility index (Phi) is 5.43. The van der Waals surface area contributed by atoms with Crippen LogP contribution in [0.1, 0.15) is 40.5 Å². The van der Waals surface area contributed by atoms with Gasteiger partial charge in [0.2, 0.25) is 0 Å². The second kappa shape index (κ2) is 7.34. The summed E-state index contributed by atoms with van der Waals surface area (Å²) in [6.45, 7) is 8.84. The minimum absolute atomic E-state index is 0.0269. The summed E-state index contributed by atoms with van der Waals surface area (Å²) in [5, 5.41) is 11.4. The Labute approximate surface area is 170 Å². The maximum Gasteiger partial charge on any atom is 0.159 e. The molecule has 0 unspecified atom stereocenters. The van der Waals surface area contributed by atoms with E-state index in [0.29, 0.717) is 33.1 Å². The summed E-state index contributed by atoms with van der Waals surface area (Å²) < 4.78 is 0. The lowest BCUT2D eigenvalue weighted by Gasteiger charge is -2.46. The predicted octanol–water partition coefficient (Wildman–Crippen LogP) is 4.83. The lowest BCUT2D eigenvalue weighted by molar-refractivity contribution is 0.170. The molecular formula is C19H26Cl2N6. The van der Waals surface area contributed by atoms with Crippen molar-refractivity contribution in [2.24, 2.45) is 0 Å². The average Bonchev–Trinajstić information content (AvgIpc) is 2.50. The maximum atomic E-state index is 6.33. The molecule has 146 valence electrons. The number of anilines is 4. The minimum Gasteiger partial charge on any atom is -0.393 e. The molecule has 0 radical (unpaired) electrons. The van der Waals surface area contributed by atoms with Gasteiger partial charge < -0.3 is 21.7 Å². The number of piperidine rings is 1. The molecule has 6 nitrogen and oxygen atoms in total. The molecule has 2 heterocycles. The molecule has 5 N–H and O–H groups in total. The molecule has 1 aliphatic rings. The van der Waals surface area contributed by atoms with E-state index in [2.05, 4.69) is 53.6 Å². The molecule has 1 fully saturated rings. The fraction of sp³-hybridized carbons (Fsp3) is 0.474. The van der Waals surface area contributed by atoms with Crippen LogP contribution in [0.5, 0.6) is 0 Å². The van der Waals surface area contributed by atoms with E-state index in [9.17, 15) is 0 Å². The van der Waals surface area contributed by atoms with Gasteiger partial charge in [-0.25, -0.2) is 9.97 Å². The van der Waals surface area contributed by atoms with Crippen molar-refractivity contribution in [3.8, 4) is 0 Å². The Balaban J connectivity index is 1.81. The van der Waals surface area contributed by atoms with Crippen molar-refractivity contribution in [2.45, 2.75) is 57.7 Å². The van der Waals surface area contributed by atoms with Gasteiger partial charge in [-0.1, -0.05) is 23.2 Å². The van der Waals surface area contributed by atoms with Crippen molar-refractivity contribution < 1.29 is 0 Å². The first-order valence-corrected chi connectivity index (χ1v) is 9.69. The summed E-state index contributed by atoms with van der Waals surface area (Å²) in [5.74, 6) is 1.13. The Bertz CT molecular complexity index is 821. The first-order valence-electron chi connectivity index (χ1n) is 8.93. The smallest absolute Gasteiger partial charge is 0.159 e. The molecule has 1 aromatic carbocycles. The highest BCUT2D eigenvalue weighted by Gasteiger charge is 2.37. The van der Waals surface area contributed by atoms with Gasteiger partial charge in [0.1, 0.15) is 12.0 Å². The molecule has 0 amide bonds. The zero-order valence-electron chi connectivity index (χ0n) is 16.0. The zero-order chi connectivity index (χ0) is 19.8. The highest BCUT2D eigenvalue weighted by molar-refractivity contribution is 6.36. The van der Waals surface area contributed by atoms with E-state index < -0.39 is 0 Å². The molecule has 1 saturated heterocycles.